The molecule has 3 rings (SSSR count). The van der Waals surface area contributed by atoms with Crippen LogP contribution in [0.15, 0.2) is 59.0 Å². The Hall–Kier alpha value is -3.12. The highest BCUT2D eigenvalue weighted by molar-refractivity contribution is 5.94. The normalized spacial score (nSPS) is 10.6. The van der Waals surface area contributed by atoms with E-state index in [0.29, 0.717) is 37.0 Å². The van der Waals surface area contributed by atoms with E-state index in [1.807, 2.05) is 49.4 Å². The number of carbonyl (C=O) groups is 1. The topological polar surface area (TPSA) is 73.6 Å². The zero-order valence-corrected chi connectivity index (χ0v) is 15.4. The third-order valence-corrected chi connectivity index (χ3v) is 4.00. The lowest BCUT2D eigenvalue weighted by Gasteiger charge is -2.04. The summed E-state index contributed by atoms with van der Waals surface area (Å²) >= 11 is 0. The maximum Gasteiger partial charge on any atom is 0.251 e. The fourth-order valence-corrected chi connectivity index (χ4v) is 2.49. The second kappa shape index (κ2) is 9.00. The lowest BCUT2D eigenvalue weighted by Crippen LogP contribution is -2.26. The summed E-state index contributed by atoms with van der Waals surface area (Å²) in [5, 5.41) is 2.79. The Morgan fingerprint density at radius 1 is 1.11 bits per heavy atom. The van der Waals surface area contributed by atoms with Gasteiger partial charge in [-0.25, -0.2) is 4.98 Å². The molecular formula is C21H22N2O4. The molecular weight excluding hydrogens is 344 g/mol. The van der Waals surface area contributed by atoms with Gasteiger partial charge in [-0.05, 0) is 43.3 Å². The Kier molecular flexibility index (Phi) is 6.22. The summed E-state index contributed by atoms with van der Waals surface area (Å²) in [7, 11) is 1.60. The van der Waals surface area contributed by atoms with E-state index >= 15 is 0 Å². The number of amides is 1. The third-order valence-electron chi connectivity index (χ3n) is 4.00. The average molecular weight is 366 g/mol. The SMILES string of the molecule is COCCNC(=O)c1ccc(-c2nc(COc3ccccc3)c(C)o2)cc1. The molecule has 0 radical (unpaired) electrons. The van der Waals surface area contributed by atoms with Crippen LogP contribution in [-0.4, -0.2) is 31.2 Å². The molecule has 0 aliphatic rings. The number of hydrogen-bond acceptors (Lipinski definition) is 5. The van der Waals surface area contributed by atoms with Crippen molar-refractivity contribution in [2.45, 2.75) is 13.5 Å². The van der Waals surface area contributed by atoms with Gasteiger partial charge in [0.05, 0.1) is 6.61 Å². The smallest absolute Gasteiger partial charge is 0.251 e. The van der Waals surface area contributed by atoms with E-state index < -0.39 is 0 Å². The maximum atomic E-state index is 12.0. The monoisotopic (exact) mass is 366 g/mol. The third kappa shape index (κ3) is 4.95. The van der Waals surface area contributed by atoms with E-state index in [2.05, 4.69) is 10.3 Å². The molecule has 0 bridgehead atoms. The van der Waals surface area contributed by atoms with Crippen molar-refractivity contribution in [3.05, 3.63) is 71.6 Å². The average Bonchev–Trinajstić information content (AvgIpc) is 3.08. The summed E-state index contributed by atoms with van der Waals surface area (Å²) in [6, 6.07) is 16.7. The quantitative estimate of drug-likeness (QED) is 0.617. The Balaban J connectivity index is 1.65. The molecule has 140 valence electrons. The fraction of sp³-hybridized carbons (Fsp3) is 0.238. The molecule has 2 aromatic carbocycles. The van der Waals surface area contributed by atoms with Gasteiger partial charge in [0.15, 0.2) is 0 Å². The number of hydrogen-bond donors (Lipinski definition) is 1. The van der Waals surface area contributed by atoms with Crippen molar-refractivity contribution in [3.8, 4) is 17.2 Å². The van der Waals surface area contributed by atoms with Crippen molar-refractivity contribution >= 4 is 5.91 Å². The Morgan fingerprint density at radius 2 is 1.85 bits per heavy atom. The number of benzene rings is 2. The first-order chi connectivity index (χ1) is 13.2. The van der Waals surface area contributed by atoms with E-state index in [0.717, 1.165) is 17.0 Å². The Morgan fingerprint density at radius 3 is 2.56 bits per heavy atom. The number of carbonyl (C=O) groups excluding carboxylic acids is 1. The minimum absolute atomic E-state index is 0.140. The highest BCUT2D eigenvalue weighted by Crippen LogP contribution is 2.23. The minimum atomic E-state index is -0.140. The van der Waals surface area contributed by atoms with Gasteiger partial charge in [-0.3, -0.25) is 4.79 Å². The number of aryl methyl sites for hydroxylation is 1. The summed E-state index contributed by atoms with van der Waals surface area (Å²) in [6.07, 6.45) is 0. The minimum Gasteiger partial charge on any atom is -0.487 e. The molecule has 1 aromatic heterocycles. The van der Waals surface area contributed by atoms with Gasteiger partial charge in [0.2, 0.25) is 5.89 Å². The van der Waals surface area contributed by atoms with Gasteiger partial charge in [0.1, 0.15) is 23.8 Å². The predicted molar refractivity (Wildman–Crippen MR) is 102 cm³/mol. The van der Waals surface area contributed by atoms with Crippen molar-refractivity contribution < 1.29 is 18.7 Å². The van der Waals surface area contributed by atoms with Gasteiger partial charge >= 0.3 is 0 Å². The molecule has 0 fully saturated rings. The first-order valence-electron chi connectivity index (χ1n) is 8.69. The summed E-state index contributed by atoms with van der Waals surface area (Å²) in [5.74, 6) is 1.86. The Labute approximate surface area is 158 Å². The van der Waals surface area contributed by atoms with Crippen molar-refractivity contribution in [2.24, 2.45) is 0 Å². The zero-order chi connectivity index (χ0) is 19.1. The van der Waals surface area contributed by atoms with Gasteiger partial charge in [-0.1, -0.05) is 18.2 Å². The molecule has 1 amide bonds. The summed E-state index contributed by atoms with van der Waals surface area (Å²) in [6.45, 7) is 3.14. The lowest BCUT2D eigenvalue weighted by molar-refractivity contribution is 0.0937. The number of para-hydroxylation sites is 1. The first kappa shape index (κ1) is 18.7. The number of methoxy groups -OCH3 is 1. The number of rotatable bonds is 8. The highest BCUT2D eigenvalue weighted by atomic mass is 16.5. The van der Waals surface area contributed by atoms with E-state index in [-0.39, 0.29) is 5.91 Å². The van der Waals surface area contributed by atoms with Crippen LogP contribution >= 0.6 is 0 Å². The molecule has 0 unspecified atom stereocenters. The molecule has 27 heavy (non-hydrogen) atoms. The van der Waals surface area contributed by atoms with Gasteiger partial charge in [0, 0.05) is 24.8 Å². The summed E-state index contributed by atoms with van der Waals surface area (Å²) in [4.78, 5) is 16.5. The van der Waals surface area contributed by atoms with Crippen LogP contribution in [0.3, 0.4) is 0 Å². The van der Waals surface area contributed by atoms with Gasteiger partial charge < -0.3 is 19.2 Å². The molecule has 0 spiro atoms. The predicted octanol–water partition coefficient (Wildman–Crippen LogP) is 3.61. The molecule has 3 aromatic rings. The van der Waals surface area contributed by atoms with Crippen LogP contribution in [0.4, 0.5) is 0 Å². The van der Waals surface area contributed by atoms with Crippen molar-refractivity contribution in [1.82, 2.24) is 10.3 Å². The van der Waals surface area contributed by atoms with E-state index in [1.54, 1.807) is 19.2 Å². The number of nitrogens with one attached hydrogen (secondary N) is 1. The van der Waals surface area contributed by atoms with E-state index in [4.69, 9.17) is 13.9 Å². The largest absolute Gasteiger partial charge is 0.487 e. The molecule has 6 nitrogen and oxygen atoms in total. The van der Waals surface area contributed by atoms with Crippen molar-refractivity contribution in [2.75, 3.05) is 20.3 Å². The number of oxazole rings is 1. The second-order valence-electron chi connectivity index (χ2n) is 5.95. The van der Waals surface area contributed by atoms with Gasteiger partial charge in [-0.15, -0.1) is 0 Å². The Bertz CT molecular complexity index is 873. The molecule has 0 aliphatic carbocycles. The van der Waals surface area contributed by atoms with E-state index in [1.165, 1.54) is 0 Å². The number of aromatic nitrogens is 1. The maximum absolute atomic E-state index is 12.0. The fourth-order valence-electron chi connectivity index (χ4n) is 2.49. The molecule has 0 saturated carbocycles. The van der Waals surface area contributed by atoms with Crippen LogP contribution in [0.25, 0.3) is 11.5 Å². The molecule has 0 atom stereocenters. The molecule has 1 N–H and O–H groups in total. The molecule has 0 saturated heterocycles. The summed E-state index contributed by atoms with van der Waals surface area (Å²) in [5.41, 5.74) is 2.12. The van der Waals surface area contributed by atoms with Crippen LogP contribution in [0.2, 0.25) is 0 Å². The van der Waals surface area contributed by atoms with E-state index in [9.17, 15) is 4.79 Å². The van der Waals surface area contributed by atoms with Crippen LogP contribution in [0.1, 0.15) is 21.8 Å². The zero-order valence-electron chi connectivity index (χ0n) is 15.4. The second-order valence-corrected chi connectivity index (χ2v) is 5.95. The van der Waals surface area contributed by atoms with Crippen LogP contribution in [-0.2, 0) is 11.3 Å². The van der Waals surface area contributed by atoms with Crippen LogP contribution in [0.5, 0.6) is 5.75 Å². The van der Waals surface area contributed by atoms with Crippen molar-refractivity contribution in [1.29, 1.82) is 0 Å². The van der Waals surface area contributed by atoms with Crippen molar-refractivity contribution in [3.63, 3.8) is 0 Å². The number of ether oxygens (including phenoxy) is 2. The van der Waals surface area contributed by atoms with Gasteiger partial charge in [0.25, 0.3) is 5.91 Å². The number of nitrogens with zero attached hydrogens (tertiary/aromatic N) is 1. The van der Waals surface area contributed by atoms with Gasteiger partial charge in [-0.2, -0.15) is 0 Å². The van der Waals surface area contributed by atoms with Crippen LogP contribution < -0.4 is 10.1 Å². The summed E-state index contributed by atoms with van der Waals surface area (Å²) < 4.78 is 16.4. The van der Waals surface area contributed by atoms with Crippen LogP contribution in [0, 0.1) is 6.92 Å². The first-order valence-corrected chi connectivity index (χ1v) is 8.69. The lowest BCUT2D eigenvalue weighted by atomic mass is 10.1. The standard InChI is InChI=1S/C21H22N2O4/c1-15-19(14-26-18-6-4-3-5-7-18)23-21(27-15)17-10-8-16(9-11-17)20(24)22-12-13-25-2/h3-11H,12-14H2,1-2H3,(H,22,24). The highest BCUT2D eigenvalue weighted by Gasteiger charge is 2.13. The molecule has 6 heteroatoms. The molecule has 0 aliphatic heterocycles. The molecule has 1 heterocycles.